The molecule has 9 heteroatoms. The molecule has 1 atom stereocenters. The Kier molecular flexibility index (Phi) is 7.33. The zero-order chi connectivity index (χ0) is 24.9. The highest BCUT2D eigenvalue weighted by Crippen LogP contribution is 2.44. The van der Waals surface area contributed by atoms with E-state index in [0.29, 0.717) is 12.8 Å². The number of carbonyl (C=O) groups is 4. The first-order valence-corrected chi connectivity index (χ1v) is 11.6. The van der Waals surface area contributed by atoms with E-state index in [1.54, 1.807) is 0 Å². The summed E-state index contributed by atoms with van der Waals surface area (Å²) in [6, 6.07) is 14.8. The van der Waals surface area contributed by atoms with Gasteiger partial charge in [0.15, 0.2) is 0 Å². The van der Waals surface area contributed by atoms with Crippen LogP contribution in [0.2, 0.25) is 0 Å². The summed E-state index contributed by atoms with van der Waals surface area (Å²) in [6.07, 6.45) is 0.0718. The molecule has 4 rings (SSSR count). The van der Waals surface area contributed by atoms with Crippen LogP contribution in [0.3, 0.4) is 0 Å². The summed E-state index contributed by atoms with van der Waals surface area (Å²) in [7, 11) is 1.22. The van der Waals surface area contributed by atoms with Crippen LogP contribution in [0, 0.1) is 5.92 Å². The maximum atomic E-state index is 12.4. The number of alkyl carbamates (subject to hydrolysis) is 1. The lowest BCUT2D eigenvalue weighted by Gasteiger charge is -2.35. The van der Waals surface area contributed by atoms with E-state index in [1.807, 2.05) is 36.4 Å². The summed E-state index contributed by atoms with van der Waals surface area (Å²) in [4.78, 5) is 47.4. The van der Waals surface area contributed by atoms with Gasteiger partial charge in [0.05, 0.1) is 7.11 Å². The summed E-state index contributed by atoms with van der Waals surface area (Å²) in [5.74, 6) is -2.61. The van der Waals surface area contributed by atoms with Crippen LogP contribution in [0.4, 0.5) is 4.79 Å². The lowest BCUT2D eigenvalue weighted by Crippen LogP contribution is -2.52. The van der Waals surface area contributed by atoms with Crippen LogP contribution in [-0.4, -0.2) is 54.8 Å². The van der Waals surface area contributed by atoms with Gasteiger partial charge in [0, 0.05) is 24.3 Å². The average Bonchev–Trinajstić information content (AvgIpc) is 3.15. The van der Waals surface area contributed by atoms with Crippen molar-refractivity contribution in [3.63, 3.8) is 0 Å². The Balaban J connectivity index is 1.23. The lowest BCUT2D eigenvalue weighted by molar-refractivity contribution is -0.145. The smallest absolute Gasteiger partial charge is 0.407 e. The molecule has 0 aromatic heterocycles. The van der Waals surface area contributed by atoms with Crippen molar-refractivity contribution >= 4 is 23.9 Å². The zero-order valence-electron chi connectivity index (χ0n) is 19.4. The molecule has 0 saturated heterocycles. The van der Waals surface area contributed by atoms with Crippen molar-refractivity contribution in [3.8, 4) is 11.1 Å². The summed E-state index contributed by atoms with van der Waals surface area (Å²) in [6.45, 7) is 0.205. The zero-order valence-corrected chi connectivity index (χ0v) is 19.4. The summed E-state index contributed by atoms with van der Waals surface area (Å²) in [5.41, 5.74) is 4.55. The fraction of sp³-hybridized carbons (Fsp3) is 0.385. The van der Waals surface area contributed by atoms with E-state index in [-0.39, 0.29) is 31.4 Å². The highest BCUT2D eigenvalue weighted by molar-refractivity contribution is 5.86. The minimum absolute atomic E-state index is 0.0361. The Morgan fingerprint density at radius 1 is 1.00 bits per heavy atom. The molecule has 0 radical (unpaired) electrons. The Hall–Kier alpha value is -3.88. The molecule has 0 unspecified atom stereocenters. The number of amides is 2. The van der Waals surface area contributed by atoms with Crippen molar-refractivity contribution in [2.45, 2.75) is 43.7 Å². The number of fused-ring (bicyclic) bond motifs is 3. The van der Waals surface area contributed by atoms with Gasteiger partial charge in [-0.25, -0.2) is 9.59 Å². The van der Waals surface area contributed by atoms with E-state index in [4.69, 9.17) is 4.74 Å². The number of esters is 1. The van der Waals surface area contributed by atoms with Crippen molar-refractivity contribution in [1.29, 1.82) is 0 Å². The summed E-state index contributed by atoms with van der Waals surface area (Å²) in [5, 5.41) is 14.5. The molecule has 184 valence electrons. The summed E-state index contributed by atoms with van der Waals surface area (Å²) < 4.78 is 10.0. The molecule has 2 amide bonds. The molecular formula is C26H28N2O7. The van der Waals surface area contributed by atoms with Gasteiger partial charge in [-0.3, -0.25) is 9.59 Å². The molecule has 1 fully saturated rings. The third kappa shape index (κ3) is 5.45. The van der Waals surface area contributed by atoms with E-state index in [9.17, 15) is 24.3 Å². The Morgan fingerprint density at radius 2 is 1.60 bits per heavy atom. The molecule has 0 heterocycles. The van der Waals surface area contributed by atoms with E-state index >= 15 is 0 Å². The number of hydrogen-bond acceptors (Lipinski definition) is 6. The first-order valence-electron chi connectivity index (χ1n) is 11.6. The molecule has 35 heavy (non-hydrogen) atoms. The van der Waals surface area contributed by atoms with E-state index in [0.717, 1.165) is 22.3 Å². The number of nitrogens with one attached hydrogen (secondary N) is 2. The predicted molar refractivity (Wildman–Crippen MR) is 126 cm³/mol. The van der Waals surface area contributed by atoms with Gasteiger partial charge < -0.3 is 25.2 Å². The minimum atomic E-state index is -1.21. The lowest BCUT2D eigenvalue weighted by atomic mass is 9.79. The first-order chi connectivity index (χ1) is 16.9. The number of benzene rings is 2. The van der Waals surface area contributed by atoms with Gasteiger partial charge >= 0.3 is 18.0 Å². The number of carbonyl (C=O) groups excluding carboxylic acids is 3. The topological polar surface area (TPSA) is 131 Å². The standard InChI is InChI=1S/C26H28N2O7/c1-34-23(29)11-10-22(25(31)32)28-24(30)15-12-16(13-15)27-26(33)35-14-21-19-8-4-2-6-17(19)18-7-3-5-9-20(18)21/h2-9,15-16,21-22H,10-14H2,1H3,(H,27,33)(H,28,30)(H,31,32)/t15?,16?,22-/m1/s1. The molecule has 2 aromatic rings. The number of ether oxygens (including phenoxy) is 2. The minimum Gasteiger partial charge on any atom is -0.480 e. The second-order valence-corrected chi connectivity index (χ2v) is 8.85. The van der Waals surface area contributed by atoms with Gasteiger partial charge in [-0.15, -0.1) is 0 Å². The van der Waals surface area contributed by atoms with E-state index < -0.39 is 35.9 Å². The van der Waals surface area contributed by atoms with Crippen molar-refractivity contribution < 1.29 is 33.8 Å². The Bertz CT molecular complexity index is 1080. The molecule has 1 saturated carbocycles. The quantitative estimate of drug-likeness (QED) is 0.470. The number of aliphatic carboxylic acids is 1. The van der Waals surface area contributed by atoms with E-state index in [1.165, 1.54) is 7.11 Å². The number of hydrogen-bond donors (Lipinski definition) is 3. The molecule has 2 aromatic carbocycles. The highest BCUT2D eigenvalue weighted by Gasteiger charge is 2.37. The molecule has 2 aliphatic carbocycles. The molecule has 2 aliphatic rings. The van der Waals surface area contributed by atoms with Gasteiger partial charge in [-0.1, -0.05) is 48.5 Å². The Morgan fingerprint density at radius 3 is 2.17 bits per heavy atom. The molecule has 0 bridgehead atoms. The SMILES string of the molecule is COC(=O)CC[C@@H](NC(=O)C1CC(NC(=O)OCC2c3ccccc3-c3ccccc32)C1)C(=O)O. The monoisotopic (exact) mass is 480 g/mol. The molecule has 0 aliphatic heterocycles. The third-order valence-electron chi connectivity index (χ3n) is 6.65. The van der Waals surface area contributed by atoms with Gasteiger partial charge in [0.2, 0.25) is 5.91 Å². The largest absolute Gasteiger partial charge is 0.480 e. The second kappa shape index (κ2) is 10.6. The number of carboxylic acids is 1. The van der Waals surface area contributed by atoms with Crippen LogP contribution in [0.1, 0.15) is 42.7 Å². The molecule has 3 N–H and O–H groups in total. The number of rotatable bonds is 9. The summed E-state index contributed by atoms with van der Waals surface area (Å²) >= 11 is 0. The van der Waals surface area contributed by atoms with Gasteiger partial charge in [0.1, 0.15) is 12.6 Å². The van der Waals surface area contributed by atoms with Crippen LogP contribution in [0.5, 0.6) is 0 Å². The van der Waals surface area contributed by atoms with Gasteiger partial charge in [-0.2, -0.15) is 0 Å². The van der Waals surface area contributed by atoms with Crippen LogP contribution >= 0.6 is 0 Å². The first kappa shape index (κ1) is 24.3. The van der Waals surface area contributed by atoms with Gasteiger partial charge in [-0.05, 0) is 41.5 Å². The van der Waals surface area contributed by atoms with E-state index in [2.05, 4.69) is 27.5 Å². The van der Waals surface area contributed by atoms with Crippen LogP contribution in [0.25, 0.3) is 11.1 Å². The maximum absolute atomic E-state index is 12.4. The fourth-order valence-electron chi connectivity index (χ4n) is 4.67. The maximum Gasteiger partial charge on any atom is 0.407 e. The van der Waals surface area contributed by atoms with Crippen molar-refractivity contribution in [2.24, 2.45) is 5.92 Å². The van der Waals surface area contributed by atoms with Crippen molar-refractivity contribution in [1.82, 2.24) is 10.6 Å². The highest BCUT2D eigenvalue weighted by atomic mass is 16.5. The van der Waals surface area contributed by atoms with Crippen molar-refractivity contribution in [2.75, 3.05) is 13.7 Å². The predicted octanol–water partition coefficient (Wildman–Crippen LogP) is 2.83. The van der Waals surface area contributed by atoms with Crippen LogP contribution in [0.15, 0.2) is 48.5 Å². The second-order valence-electron chi connectivity index (χ2n) is 8.85. The number of carboxylic acid groups (broad SMARTS) is 1. The molecular weight excluding hydrogens is 452 g/mol. The number of methoxy groups -OCH3 is 1. The van der Waals surface area contributed by atoms with Crippen molar-refractivity contribution in [3.05, 3.63) is 59.7 Å². The molecule has 9 nitrogen and oxygen atoms in total. The normalized spacial score (nSPS) is 18.9. The fourth-order valence-corrected chi connectivity index (χ4v) is 4.67. The third-order valence-corrected chi connectivity index (χ3v) is 6.65. The van der Waals surface area contributed by atoms with Crippen LogP contribution < -0.4 is 10.6 Å². The van der Waals surface area contributed by atoms with Gasteiger partial charge in [0.25, 0.3) is 0 Å². The Labute approximate surface area is 202 Å². The molecule has 0 spiro atoms. The average molecular weight is 481 g/mol. The van der Waals surface area contributed by atoms with Crippen LogP contribution in [-0.2, 0) is 23.9 Å².